The van der Waals surface area contributed by atoms with E-state index in [-0.39, 0.29) is 12.0 Å². The second-order valence-electron chi connectivity index (χ2n) is 3.53. The first-order valence-electron chi connectivity index (χ1n) is 5.02. The molecule has 4 heteroatoms. The smallest absolute Gasteiger partial charge is 0.199 e. The summed E-state index contributed by atoms with van der Waals surface area (Å²) in [7, 11) is 0. The molecule has 1 fully saturated rings. The molecule has 1 N–H and O–H groups in total. The van der Waals surface area contributed by atoms with E-state index >= 15 is 0 Å². The van der Waals surface area contributed by atoms with Gasteiger partial charge < -0.3 is 14.6 Å². The predicted molar refractivity (Wildman–Crippen MR) is 52.3 cm³/mol. The minimum absolute atomic E-state index is 0.289. The van der Waals surface area contributed by atoms with Crippen molar-refractivity contribution in [1.29, 1.82) is 0 Å². The van der Waals surface area contributed by atoms with E-state index in [9.17, 15) is 4.39 Å². The first-order chi connectivity index (χ1) is 7.25. The lowest BCUT2D eigenvalue weighted by molar-refractivity contribution is -0.106. The Hall–Kier alpha value is -1.29. The summed E-state index contributed by atoms with van der Waals surface area (Å²) in [5.41, 5.74) is 0. The van der Waals surface area contributed by atoms with Crippen molar-refractivity contribution in [2.24, 2.45) is 0 Å². The summed E-state index contributed by atoms with van der Waals surface area (Å²) in [6.45, 7) is 0.686. The van der Waals surface area contributed by atoms with Crippen LogP contribution in [0.1, 0.15) is 19.3 Å². The number of aromatic hydroxyl groups is 1. The molecule has 0 bridgehead atoms. The first kappa shape index (κ1) is 10.2. The van der Waals surface area contributed by atoms with Crippen LogP contribution in [-0.2, 0) is 4.74 Å². The second-order valence-corrected chi connectivity index (χ2v) is 3.53. The van der Waals surface area contributed by atoms with Gasteiger partial charge in [-0.25, -0.2) is 4.39 Å². The molecule has 0 radical (unpaired) electrons. The van der Waals surface area contributed by atoms with Gasteiger partial charge in [0, 0.05) is 12.5 Å². The molecule has 1 aliphatic heterocycles. The summed E-state index contributed by atoms with van der Waals surface area (Å²) in [4.78, 5) is 0. The number of benzene rings is 1. The lowest BCUT2D eigenvalue weighted by atomic mass is 10.2. The molecule has 1 saturated heterocycles. The molecule has 2 rings (SSSR count). The van der Waals surface area contributed by atoms with Crippen molar-refractivity contribution in [3.63, 3.8) is 0 Å². The third-order valence-corrected chi connectivity index (χ3v) is 2.32. The SMILES string of the molecule is Oc1ccc(OC2CCCCO2)cc1F. The summed E-state index contributed by atoms with van der Waals surface area (Å²) < 4.78 is 23.7. The van der Waals surface area contributed by atoms with Gasteiger partial charge in [0.05, 0.1) is 6.61 Å². The Kier molecular flexibility index (Phi) is 3.06. The lowest BCUT2D eigenvalue weighted by Crippen LogP contribution is -2.24. The van der Waals surface area contributed by atoms with Crippen LogP contribution >= 0.6 is 0 Å². The van der Waals surface area contributed by atoms with Gasteiger partial charge in [-0.1, -0.05) is 0 Å². The Balaban J connectivity index is 2.00. The third-order valence-electron chi connectivity index (χ3n) is 2.32. The van der Waals surface area contributed by atoms with Crippen molar-refractivity contribution in [3.05, 3.63) is 24.0 Å². The van der Waals surface area contributed by atoms with Crippen LogP contribution in [0.15, 0.2) is 18.2 Å². The minimum atomic E-state index is -0.677. The highest BCUT2D eigenvalue weighted by molar-refractivity contribution is 5.32. The normalized spacial score (nSPS) is 21.3. The first-order valence-corrected chi connectivity index (χ1v) is 5.02. The van der Waals surface area contributed by atoms with E-state index in [1.165, 1.54) is 12.1 Å². The lowest BCUT2D eigenvalue weighted by Gasteiger charge is -2.23. The zero-order valence-corrected chi connectivity index (χ0v) is 8.28. The fourth-order valence-electron chi connectivity index (χ4n) is 1.52. The van der Waals surface area contributed by atoms with Gasteiger partial charge in [-0.2, -0.15) is 0 Å². The van der Waals surface area contributed by atoms with Gasteiger partial charge in [-0.05, 0) is 25.0 Å². The van der Waals surface area contributed by atoms with E-state index in [0.717, 1.165) is 25.3 Å². The average Bonchev–Trinajstić information content (AvgIpc) is 2.25. The Morgan fingerprint density at radius 2 is 2.27 bits per heavy atom. The summed E-state index contributed by atoms with van der Waals surface area (Å²) in [6.07, 6.45) is 2.64. The van der Waals surface area contributed by atoms with Crippen LogP contribution in [0, 0.1) is 5.82 Å². The highest BCUT2D eigenvalue weighted by atomic mass is 19.1. The number of hydrogen-bond acceptors (Lipinski definition) is 3. The zero-order valence-electron chi connectivity index (χ0n) is 8.28. The fraction of sp³-hybridized carbons (Fsp3) is 0.455. The van der Waals surface area contributed by atoms with Crippen LogP contribution in [-0.4, -0.2) is 18.0 Å². The second kappa shape index (κ2) is 4.49. The van der Waals surface area contributed by atoms with Gasteiger partial charge in [0.1, 0.15) is 5.75 Å². The maximum atomic E-state index is 13.0. The molecule has 0 spiro atoms. The van der Waals surface area contributed by atoms with Crippen LogP contribution in [0.3, 0.4) is 0 Å². The molecule has 0 amide bonds. The molecule has 15 heavy (non-hydrogen) atoms. The molecule has 1 heterocycles. The maximum absolute atomic E-state index is 13.0. The number of rotatable bonds is 2. The number of halogens is 1. The quantitative estimate of drug-likeness (QED) is 0.818. The van der Waals surface area contributed by atoms with Gasteiger partial charge in [0.2, 0.25) is 0 Å². The fourth-order valence-corrected chi connectivity index (χ4v) is 1.52. The number of phenols is 1. The summed E-state index contributed by atoms with van der Waals surface area (Å²) >= 11 is 0. The van der Waals surface area contributed by atoms with E-state index in [1.807, 2.05) is 0 Å². The molecule has 0 aromatic heterocycles. The Labute approximate surface area is 87.4 Å². The van der Waals surface area contributed by atoms with E-state index in [0.29, 0.717) is 12.4 Å². The topological polar surface area (TPSA) is 38.7 Å². The third kappa shape index (κ3) is 2.59. The van der Waals surface area contributed by atoms with Crippen molar-refractivity contribution < 1.29 is 19.0 Å². The summed E-state index contributed by atoms with van der Waals surface area (Å²) in [5.74, 6) is -0.660. The number of ether oxygens (including phenoxy) is 2. The van der Waals surface area contributed by atoms with E-state index < -0.39 is 5.82 Å². The molecule has 1 atom stereocenters. The van der Waals surface area contributed by atoms with Crippen molar-refractivity contribution in [2.45, 2.75) is 25.6 Å². The molecular formula is C11H13FO3. The molecule has 1 aromatic carbocycles. The molecule has 0 aliphatic carbocycles. The van der Waals surface area contributed by atoms with Crippen LogP contribution in [0.4, 0.5) is 4.39 Å². The van der Waals surface area contributed by atoms with E-state index in [4.69, 9.17) is 14.6 Å². The molecule has 3 nitrogen and oxygen atoms in total. The Morgan fingerprint density at radius 1 is 1.40 bits per heavy atom. The van der Waals surface area contributed by atoms with E-state index in [2.05, 4.69) is 0 Å². The van der Waals surface area contributed by atoms with Gasteiger partial charge >= 0.3 is 0 Å². The van der Waals surface area contributed by atoms with Crippen LogP contribution < -0.4 is 4.74 Å². The van der Waals surface area contributed by atoms with E-state index in [1.54, 1.807) is 0 Å². The van der Waals surface area contributed by atoms with Gasteiger partial charge in [0.15, 0.2) is 17.9 Å². The van der Waals surface area contributed by atoms with Crippen LogP contribution in [0.25, 0.3) is 0 Å². The molecule has 1 aliphatic rings. The molecule has 1 aromatic rings. The largest absolute Gasteiger partial charge is 0.505 e. The minimum Gasteiger partial charge on any atom is -0.505 e. The molecule has 1 unspecified atom stereocenters. The van der Waals surface area contributed by atoms with Crippen LogP contribution in [0.5, 0.6) is 11.5 Å². The predicted octanol–water partition coefficient (Wildman–Crippen LogP) is 2.44. The standard InChI is InChI=1S/C11H13FO3/c12-9-7-8(4-5-10(9)13)15-11-3-1-2-6-14-11/h4-5,7,11,13H,1-3,6H2. The number of hydrogen-bond donors (Lipinski definition) is 1. The van der Waals surface area contributed by atoms with Gasteiger partial charge in [0.25, 0.3) is 0 Å². The summed E-state index contributed by atoms with van der Waals surface area (Å²) in [6, 6.07) is 3.96. The average molecular weight is 212 g/mol. The highest BCUT2D eigenvalue weighted by Gasteiger charge is 2.15. The number of phenolic OH excluding ortho intramolecular Hbond substituents is 1. The van der Waals surface area contributed by atoms with Crippen LogP contribution in [0.2, 0.25) is 0 Å². The van der Waals surface area contributed by atoms with Crippen molar-refractivity contribution >= 4 is 0 Å². The maximum Gasteiger partial charge on any atom is 0.199 e. The molecular weight excluding hydrogens is 199 g/mol. The Bertz CT molecular complexity index is 335. The molecule has 82 valence electrons. The monoisotopic (exact) mass is 212 g/mol. The summed E-state index contributed by atoms with van der Waals surface area (Å²) in [5, 5.41) is 8.99. The highest BCUT2D eigenvalue weighted by Crippen LogP contribution is 2.24. The Morgan fingerprint density at radius 3 is 2.93 bits per heavy atom. The van der Waals surface area contributed by atoms with Crippen molar-refractivity contribution in [2.75, 3.05) is 6.61 Å². The van der Waals surface area contributed by atoms with Crippen molar-refractivity contribution in [1.82, 2.24) is 0 Å². The van der Waals surface area contributed by atoms with Gasteiger partial charge in [-0.3, -0.25) is 0 Å². The van der Waals surface area contributed by atoms with Crippen molar-refractivity contribution in [3.8, 4) is 11.5 Å². The van der Waals surface area contributed by atoms with Gasteiger partial charge in [-0.15, -0.1) is 0 Å². The zero-order chi connectivity index (χ0) is 10.7. The molecule has 0 saturated carbocycles.